The lowest BCUT2D eigenvalue weighted by Gasteiger charge is -2.24. The molecule has 1 aromatic rings. The third-order valence-electron chi connectivity index (χ3n) is 4.24. The van der Waals surface area contributed by atoms with E-state index in [1.807, 2.05) is 50.3 Å². The van der Waals surface area contributed by atoms with Crippen molar-refractivity contribution in [2.45, 2.75) is 52.4 Å². The minimum atomic E-state index is -1.65. The van der Waals surface area contributed by atoms with Gasteiger partial charge in [0.1, 0.15) is 0 Å². The molecule has 0 radical (unpaired) electrons. The van der Waals surface area contributed by atoms with Gasteiger partial charge in [0.25, 0.3) is 0 Å². The van der Waals surface area contributed by atoms with E-state index in [2.05, 4.69) is 0 Å². The van der Waals surface area contributed by atoms with Gasteiger partial charge in [0, 0.05) is 0 Å². The maximum atomic E-state index is 11.5. The van der Waals surface area contributed by atoms with Crippen LogP contribution in [0.1, 0.15) is 56.6 Å². The van der Waals surface area contributed by atoms with Crippen molar-refractivity contribution < 1.29 is 19.8 Å². The van der Waals surface area contributed by atoms with Crippen LogP contribution in [0, 0.1) is 12.3 Å². The first-order chi connectivity index (χ1) is 10.9. The van der Waals surface area contributed by atoms with Crippen LogP contribution < -0.4 is 0 Å². The van der Waals surface area contributed by atoms with Crippen molar-refractivity contribution in [2.24, 2.45) is 5.41 Å². The number of aryl methyl sites for hydroxylation is 1. The van der Waals surface area contributed by atoms with E-state index in [1.165, 1.54) is 5.56 Å². The Morgan fingerprint density at radius 3 is 2.26 bits per heavy atom. The summed E-state index contributed by atoms with van der Waals surface area (Å²) in [5, 5.41) is 18.8. The van der Waals surface area contributed by atoms with Crippen molar-refractivity contribution in [1.82, 2.24) is 0 Å². The smallest absolute Gasteiger partial charge is 0.321 e. The SMILES string of the molecule is CCCCC(CCCC=Cc1ccccc1C)(C(=O)O)C(=O)O. The Morgan fingerprint density at radius 1 is 1.09 bits per heavy atom. The zero-order valence-electron chi connectivity index (χ0n) is 13.9. The van der Waals surface area contributed by atoms with Gasteiger partial charge in [-0.05, 0) is 43.7 Å². The molecule has 0 aromatic heterocycles. The van der Waals surface area contributed by atoms with Gasteiger partial charge in [-0.2, -0.15) is 0 Å². The number of aliphatic carboxylic acids is 2. The average molecular weight is 318 g/mol. The molecule has 0 bridgehead atoms. The predicted molar refractivity (Wildman–Crippen MR) is 91.3 cm³/mol. The second-order valence-corrected chi connectivity index (χ2v) is 5.95. The van der Waals surface area contributed by atoms with Crippen LogP contribution in [0.2, 0.25) is 0 Å². The summed E-state index contributed by atoms with van der Waals surface area (Å²) in [6.45, 7) is 3.96. The molecule has 0 unspecified atom stereocenters. The number of hydrogen-bond donors (Lipinski definition) is 2. The van der Waals surface area contributed by atoms with E-state index < -0.39 is 17.4 Å². The van der Waals surface area contributed by atoms with E-state index >= 15 is 0 Å². The molecule has 23 heavy (non-hydrogen) atoms. The number of benzene rings is 1. The topological polar surface area (TPSA) is 74.6 Å². The van der Waals surface area contributed by atoms with Gasteiger partial charge in [0.2, 0.25) is 0 Å². The van der Waals surface area contributed by atoms with Crippen molar-refractivity contribution in [1.29, 1.82) is 0 Å². The molecule has 4 heteroatoms. The summed E-state index contributed by atoms with van der Waals surface area (Å²) in [5.41, 5.74) is 0.658. The van der Waals surface area contributed by atoms with Crippen LogP contribution in [0.4, 0.5) is 0 Å². The lowest BCUT2D eigenvalue weighted by atomic mass is 9.78. The Hall–Kier alpha value is -2.10. The highest BCUT2D eigenvalue weighted by Gasteiger charge is 2.45. The Balaban J connectivity index is 2.63. The highest BCUT2D eigenvalue weighted by molar-refractivity contribution is 5.98. The second-order valence-electron chi connectivity index (χ2n) is 5.95. The van der Waals surface area contributed by atoms with Gasteiger partial charge in [-0.3, -0.25) is 9.59 Å². The maximum Gasteiger partial charge on any atom is 0.321 e. The zero-order valence-corrected chi connectivity index (χ0v) is 13.9. The molecule has 126 valence electrons. The number of hydrogen-bond acceptors (Lipinski definition) is 2. The molecule has 4 nitrogen and oxygen atoms in total. The molecule has 0 saturated carbocycles. The average Bonchev–Trinajstić information content (AvgIpc) is 2.51. The Morgan fingerprint density at radius 2 is 1.70 bits per heavy atom. The molecular weight excluding hydrogens is 292 g/mol. The Labute approximate surface area is 137 Å². The number of unbranched alkanes of at least 4 members (excludes halogenated alkanes) is 2. The summed E-state index contributed by atoms with van der Waals surface area (Å²) in [6.07, 6.45) is 6.95. The molecule has 0 aliphatic heterocycles. The van der Waals surface area contributed by atoms with Gasteiger partial charge in [0.15, 0.2) is 5.41 Å². The number of carbonyl (C=O) groups is 2. The maximum absolute atomic E-state index is 11.5. The van der Waals surface area contributed by atoms with Gasteiger partial charge >= 0.3 is 11.9 Å². The highest BCUT2D eigenvalue weighted by Crippen LogP contribution is 2.32. The molecule has 0 aliphatic carbocycles. The van der Waals surface area contributed by atoms with Crippen LogP contribution in [0.3, 0.4) is 0 Å². The van der Waals surface area contributed by atoms with E-state index in [-0.39, 0.29) is 12.8 Å². The third kappa shape index (κ3) is 5.23. The van der Waals surface area contributed by atoms with Crippen LogP contribution in [0.25, 0.3) is 6.08 Å². The summed E-state index contributed by atoms with van der Waals surface area (Å²) in [6, 6.07) is 8.00. The van der Waals surface area contributed by atoms with Crippen molar-refractivity contribution >= 4 is 18.0 Å². The van der Waals surface area contributed by atoms with Crippen molar-refractivity contribution in [2.75, 3.05) is 0 Å². The van der Waals surface area contributed by atoms with Gasteiger partial charge in [-0.25, -0.2) is 0 Å². The van der Waals surface area contributed by atoms with Gasteiger partial charge < -0.3 is 10.2 Å². The van der Waals surface area contributed by atoms with Crippen LogP contribution >= 0.6 is 0 Å². The minimum Gasteiger partial charge on any atom is -0.480 e. The number of allylic oxidation sites excluding steroid dienone is 1. The Kier molecular flexibility index (Phi) is 7.52. The van der Waals surface area contributed by atoms with Crippen molar-refractivity contribution in [3.8, 4) is 0 Å². The first kappa shape index (κ1) is 18.9. The van der Waals surface area contributed by atoms with Crippen molar-refractivity contribution in [3.05, 3.63) is 41.5 Å². The molecule has 0 spiro atoms. The fraction of sp³-hybridized carbons (Fsp3) is 0.474. The van der Waals surface area contributed by atoms with E-state index in [1.54, 1.807) is 0 Å². The molecular formula is C19H26O4. The van der Waals surface area contributed by atoms with Crippen molar-refractivity contribution in [3.63, 3.8) is 0 Å². The molecule has 0 heterocycles. The van der Waals surface area contributed by atoms with Gasteiger partial charge in [-0.15, -0.1) is 0 Å². The van der Waals surface area contributed by atoms with E-state index in [0.717, 1.165) is 12.0 Å². The van der Waals surface area contributed by atoms with Crippen LogP contribution in [-0.4, -0.2) is 22.2 Å². The summed E-state index contributed by atoms with van der Waals surface area (Å²) in [4.78, 5) is 23.0. The normalized spacial score (nSPS) is 11.7. The summed E-state index contributed by atoms with van der Waals surface area (Å²) in [5.74, 6) is -2.44. The summed E-state index contributed by atoms with van der Waals surface area (Å²) < 4.78 is 0. The minimum absolute atomic E-state index is 0.162. The monoisotopic (exact) mass is 318 g/mol. The summed E-state index contributed by atoms with van der Waals surface area (Å²) in [7, 11) is 0. The van der Waals surface area contributed by atoms with E-state index in [0.29, 0.717) is 19.3 Å². The molecule has 0 aliphatic rings. The first-order valence-corrected chi connectivity index (χ1v) is 8.13. The third-order valence-corrected chi connectivity index (χ3v) is 4.24. The first-order valence-electron chi connectivity index (χ1n) is 8.13. The molecule has 1 aromatic carbocycles. The van der Waals surface area contributed by atoms with Gasteiger partial charge in [0.05, 0.1) is 0 Å². The quantitative estimate of drug-likeness (QED) is 0.491. The lowest BCUT2D eigenvalue weighted by molar-refractivity contribution is -0.166. The number of carboxylic acids is 2. The number of rotatable bonds is 10. The molecule has 0 fully saturated rings. The molecule has 2 N–H and O–H groups in total. The van der Waals surface area contributed by atoms with E-state index in [4.69, 9.17) is 0 Å². The lowest BCUT2D eigenvalue weighted by Crippen LogP contribution is -2.39. The largest absolute Gasteiger partial charge is 0.480 e. The Bertz CT molecular complexity index is 546. The van der Waals surface area contributed by atoms with Crippen LogP contribution in [-0.2, 0) is 9.59 Å². The second kappa shape index (κ2) is 9.13. The van der Waals surface area contributed by atoms with Crippen LogP contribution in [0.15, 0.2) is 30.3 Å². The highest BCUT2D eigenvalue weighted by atomic mass is 16.4. The molecule has 0 saturated heterocycles. The standard InChI is InChI=1S/C19H26O4/c1-3-4-13-19(17(20)21,18(22)23)14-9-5-6-11-16-12-8-7-10-15(16)2/h6-8,10-12H,3-5,9,13-14H2,1-2H3,(H,20,21)(H,22,23). The molecule has 0 amide bonds. The van der Waals surface area contributed by atoms with Gasteiger partial charge in [-0.1, -0.05) is 56.2 Å². The molecule has 0 atom stereocenters. The van der Waals surface area contributed by atoms with Crippen LogP contribution in [0.5, 0.6) is 0 Å². The fourth-order valence-corrected chi connectivity index (χ4v) is 2.63. The molecule has 1 rings (SSSR count). The zero-order chi connectivity index (χ0) is 17.3. The number of carboxylic acid groups (broad SMARTS) is 2. The summed E-state index contributed by atoms with van der Waals surface area (Å²) >= 11 is 0. The predicted octanol–water partition coefficient (Wildman–Crippen LogP) is 4.52. The fourth-order valence-electron chi connectivity index (χ4n) is 2.63. The van der Waals surface area contributed by atoms with E-state index in [9.17, 15) is 19.8 Å².